The van der Waals surface area contributed by atoms with E-state index < -0.39 is 10.0 Å². The second-order valence-electron chi connectivity index (χ2n) is 8.04. The Kier molecular flexibility index (Phi) is 8.08. The summed E-state index contributed by atoms with van der Waals surface area (Å²) in [4.78, 5) is 4.83. The van der Waals surface area contributed by atoms with Crippen molar-refractivity contribution in [2.75, 3.05) is 12.4 Å². The first kappa shape index (κ1) is 23.0. The highest BCUT2D eigenvalue weighted by molar-refractivity contribution is 7.89. The topological polar surface area (TPSA) is 77.5 Å². The Morgan fingerprint density at radius 2 is 1.87 bits per heavy atom. The number of hydrogen-bond acceptors (Lipinski definition) is 5. The summed E-state index contributed by atoms with van der Waals surface area (Å²) in [5, 5.41) is 1.04. The molecular weight excluding hydrogens is 400 g/mol. The van der Waals surface area contributed by atoms with Gasteiger partial charge in [0.1, 0.15) is 5.75 Å². The third-order valence-corrected chi connectivity index (χ3v) is 7.23. The molecule has 7 heteroatoms. The fourth-order valence-electron chi connectivity index (χ4n) is 3.85. The lowest BCUT2D eigenvalue weighted by atomic mass is 9.94. The molecule has 0 radical (unpaired) electrons. The van der Waals surface area contributed by atoms with E-state index in [0.717, 1.165) is 66.4 Å². The maximum atomic E-state index is 11.8. The number of pyridine rings is 1. The maximum absolute atomic E-state index is 11.8. The molecule has 1 aromatic heterocycles. The van der Waals surface area contributed by atoms with Crippen molar-refractivity contribution in [3.63, 3.8) is 0 Å². The molecule has 0 bridgehead atoms. The van der Waals surface area contributed by atoms with E-state index in [1.807, 2.05) is 18.2 Å². The molecule has 0 unspecified atom stereocenters. The lowest BCUT2D eigenvalue weighted by molar-refractivity contribution is 0.0110. The number of unbranched alkanes of at least 4 members (excludes halogenated alkanes) is 1. The number of nitrogens with zero attached hydrogens (tertiary/aromatic N) is 1. The van der Waals surface area contributed by atoms with Gasteiger partial charge in [-0.1, -0.05) is 25.5 Å². The summed E-state index contributed by atoms with van der Waals surface area (Å²) in [6, 6.07) is 8.09. The predicted octanol–water partition coefficient (Wildman–Crippen LogP) is 4.49. The molecule has 1 aliphatic rings. The van der Waals surface area contributed by atoms with Gasteiger partial charge in [-0.15, -0.1) is 0 Å². The van der Waals surface area contributed by atoms with Gasteiger partial charge in [0.2, 0.25) is 10.0 Å². The van der Waals surface area contributed by atoms with Gasteiger partial charge in [-0.25, -0.2) is 18.1 Å². The van der Waals surface area contributed by atoms with Crippen LogP contribution in [0.1, 0.15) is 63.6 Å². The fourth-order valence-corrected chi connectivity index (χ4v) is 4.76. The zero-order chi connectivity index (χ0) is 21.6. The lowest BCUT2D eigenvalue weighted by Gasteiger charge is -2.29. The quantitative estimate of drug-likeness (QED) is 0.558. The summed E-state index contributed by atoms with van der Waals surface area (Å²) in [5.41, 5.74) is 2.87. The van der Waals surface area contributed by atoms with Crippen molar-refractivity contribution in [3.05, 3.63) is 35.5 Å². The monoisotopic (exact) mass is 434 g/mol. The summed E-state index contributed by atoms with van der Waals surface area (Å²) in [6.45, 7) is 7.01. The Balaban J connectivity index is 1.64. The van der Waals surface area contributed by atoms with E-state index in [2.05, 4.69) is 24.6 Å². The Labute approximate surface area is 180 Å². The van der Waals surface area contributed by atoms with E-state index in [-0.39, 0.29) is 17.9 Å². The fraction of sp³-hybridized carbons (Fsp3) is 0.609. The molecule has 166 valence electrons. The summed E-state index contributed by atoms with van der Waals surface area (Å²) < 4.78 is 38.6. The van der Waals surface area contributed by atoms with Crippen LogP contribution in [0.25, 0.3) is 10.9 Å². The number of benzene rings is 1. The first-order chi connectivity index (χ1) is 14.4. The third kappa shape index (κ3) is 5.93. The summed E-state index contributed by atoms with van der Waals surface area (Å²) in [5.74, 6) is 1.03. The number of ether oxygens (including phenoxy) is 2. The van der Waals surface area contributed by atoms with Crippen molar-refractivity contribution in [3.8, 4) is 5.75 Å². The number of sulfonamides is 1. The van der Waals surface area contributed by atoms with Gasteiger partial charge in [0.15, 0.2) is 0 Å². The van der Waals surface area contributed by atoms with Crippen molar-refractivity contribution >= 4 is 20.9 Å². The van der Waals surface area contributed by atoms with Gasteiger partial charge >= 0.3 is 0 Å². The Hall–Kier alpha value is -1.70. The summed E-state index contributed by atoms with van der Waals surface area (Å²) in [6.07, 6.45) is 5.55. The predicted molar refractivity (Wildman–Crippen MR) is 120 cm³/mol. The largest absolute Gasteiger partial charge is 0.493 e. The molecule has 0 aliphatic heterocycles. The molecule has 0 spiro atoms. The van der Waals surface area contributed by atoms with Crippen LogP contribution in [-0.2, 0) is 21.4 Å². The standard InChI is InChI=1S/C23H34N2O4S/c1-4-6-15-28-23-17(3)22(24-21-10-8-7-9-20(21)23)16-29-19-13-11-18(12-14-19)25-30(26,27)5-2/h7-10,18-19,25H,4-6,11-16H2,1-3H3/t18-,19-. The Bertz CT molecular complexity index is 938. The second kappa shape index (κ2) is 10.6. The maximum Gasteiger partial charge on any atom is 0.211 e. The minimum atomic E-state index is -3.15. The van der Waals surface area contributed by atoms with E-state index in [9.17, 15) is 8.42 Å². The van der Waals surface area contributed by atoms with E-state index in [1.54, 1.807) is 6.92 Å². The van der Waals surface area contributed by atoms with Gasteiger partial charge < -0.3 is 9.47 Å². The normalized spacial score (nSPS) is 19.8. The lowest BCUT2D eigenvalue weighted by Crippen LogP contribution is -2.39. The van der Waals surface area contributed by atoms with Crippen LogP contribution in [0.5, 0.6) is 5.75 Å². The average Bonchev–Trinajstić information content (AvgIpc) is 2.75. The molecule has 1 aromatic carbocycles. The number of aromatic nitrogens is 1. The SMILES string of the molecule is CCCCOc1c(C)c(CO[C@H]2CC[C@H](NS(=O)(=O)CC)CC2)nc2ccccc12. The molecule has 0 atom stereocenters. The van der Waals surface area contributed by atoms with Crippen LogP contribution in [0, 0.1) is 6.92 Å². The van der Waals surface area contributed by atoms with Gasteiger partial charge in [0.05, 0.1) is 36.3 Å². The number of fused-ring (bicyclic) bond motifs is 1. The van der Waals surface area contributed by atoms with Crippen molar-refractivity contribution in [1.82, 2.24) is 9.71 Å². The zero-order valence-corrected chi connectivity index (χ0v) is 19.1. The molecule has 0 amide bonds. The Morgan fingerprint density at radius 3 is 2.57 bits per heavy atom. The van der Waals surface area contributed by atoms with E-state index in [1.165, 1.54) is 0 Å². The van der Waals surface area contributed by atoms with Crippen molar-refractivity contribution in [1.29, 1.82) is 0 Å². The third-order valence-electron chi connectivity index (χ3n) is 5.78. The van der Waals surface area contributed by atoms with Gasteiger partial charge in [-0.05, 0) is 58.1 Å². The van der Waals surface area contributed by atoms with Gasteiger partial charge in [0, 0.05) is 17.0 Å². The Morgan fingerprint density at radius 1 is 1.13 bits per heavy atom. The van der Waals surface area contributed by atoms with Crippen LogP contribution >= 0.6 is 0 Å². The molecule has 3 rings (SSSR count). The zero-order valence-electron chi connectivity index (χ0n) is 18.3. The second-order valence-corrected chi connectivity index (χ2v) is 10.1. The number of para-hydroxylation sites is 1. The molecule has 1 fully saturated rings. The molecular formula is C23H34N2O4S. The molecule has 2 aromatic rings. The molecule has 6 nitrogen and oxygen atoms in total. The summed E-state index contributed by atoms with van der Waals surface area (Å²) >= 11 is 0. The average molecular weight is 435 g/mol. The smallest absolute Gasteiger partial charge is 0.211 e. The van der Waals surface area contributed by atoms with E-state index in [4.69, 9.17) is 14.5 Å². The number of rotatable bonds is 10. The highest BCUT2D eigenvalue weighted by atomic mass is 32.2. The van der Waals surface area contributed by atoms with Crippen LogP contribution in [0.2, 0.25) is 0 Å². The van der Waals surface area contributed by atoms with Crippen LogP contribution < -0.4 is 9.46 Å². The van der Waals surface area contributed by atoms with E-state index >= 15 is 0 Å². The minimum Gasteiger partial charge on any atom is -0.493 e. The first-order valence-corrected chi connectivity index (χ1v) is 12.7. The highest BCUT2D eigenvalue weighted by Crippen LogP contribution is 2.31. The van der Waals surface area contributed by atoms with E-state index in [0.29, 0.717) is 13.2 Å². The molecule has 1 heterocycles. The van der Waals surface area contributed by atoms with Gasteiger partial charge in [-0.2, -0.15) is 0 Å². The first-order valence-electron chi connectivity index (χ1n) is 11.1. The molecule has 1 N–H and O–H groups in total. The molecule has 1 saturated carbocycles. The van der Waals surface area contributed by atoms with Crippen LogP contribution in [0.4, 0.5) is 0 Å². The van der Waals surface area contributed by atoms with Crippen molar-refractivity contribution in [2.24, 2.45) is 0 Å². The molecule has 0 saturated heterocycles. The highest BCUT2D eigenvalue weighted by Gasteiger charge is 2.25. The molecule has 1 aliphatic carbocycles. The van der Waals surface area contributed by atoms with Crippen LogP contribution in [-0.4, -0.2) is 37.9 Å². The number of hydrogen-bond donors (Lipinski definition) is 1. The number of nitrogens with one attached hydrogen (secondary N) is 1. The molecule has 30 heavy (non-hydrogen) atoms. The van der Waals surface area contributed by atoms with Crippen molar-refractivity contribution < 1.29 is 17.9 Å². The van der Waals surface area contributed by atoms with Crippen molar-refractivity contribution in [2.45, 2.75) is 78.0 Å². The van der Waals surface area contributed by atoms with Gasteiger partial charge in [-0.3, -0.25) is 0 Å². The van der Waals surface area contributed by atoms with Gasteiger partial charge in [0.25, 0.3) is 0 Å². The van der Waals surface area contributed by atoms with Crippen LogP contribution in [0.3, 0.4) is 0 Å². The van der Waals surface area contributed by atoms with Crippen LogP contribution in [0.15, 0.2) is 24.3 Å². The summed E-state index contributed by atoms with van der Waals surface area (Å²) in [7, 11) is -3.15. The minimum absolute atomic E-state index is 0.0221.